The van der Waals surface area contributed by atoms with Crippen molar-refractivity contribution in [1.29, 1.82) is 0 Å². The van der Waals surface area contributed by atoms with Crippen molar-refractivity contribution in [2.75, 3.05) is 26.2 Å². The first-order valence-corrected chi connectivity index (χ1v) is 9.68. The van der Waals surface area contributed by atoms with E-state index < -0.39 is 10.0 Å². The number of fused-ring (bicyclic) bond motifs is 1. The second kappa shape index (κ2) is 5.40. The van der Waals surface area contributed by atoms with E-state index in [0.717, 1.165) is 13.1 Å². The topological polar surface area (TPSA) is 73.7 Å². The lowest BCUT2D eigenvalue weighted by Gasteiger charge is -2.37. The highest BCUT2D eigenvalue weighted by Gasteiger charge is 2.45. The molecule has 0 bridgehead atoms. The van der Waals surface area contributed by atoms with Gasteiger partial charge in [-0.2, -0.15) is 4.31 Å². The molecule has 6 nitrogen and oxygen atoms in total. The van der Waals surface area contributed by atoms with E-state index in [4.69, 9.17) is 0 Å². The Hall–Kier alpha value is -1.70. The maximum Gasteiger partial charge on any atom is 0.245 e. The van der Waals surface area contributed by atoms with Gasteiger partial charge in [-0.15, -0.1) is 0 Å². The first-order chi connectivity index (χ1) is 11.4. The molecule has 7 heteroatoms. The molecule has 1 saturated carbocycles. The number of nitrogens with zero attached hydrogens (tertiary/aromatic N) is 3. The average molecular weight is 347 g/mol. The number of aromatic nitrogens is 1. The first-order valence-electron chi connectivity index (χ1n) is 8.24. The first kappa shape index (κ1) is 15.8. The summed E-state index contributed by atoms with van der Waals surface area (Å²) in [5.41, 5.74) is 0.280. The molecular formula is C17H21N3O3S. The van der Waals surface area contributed by atoms with Crippen molar-refractivity contribution in [2.45, 2.75) is 30.2 Å². The number of rotatable bonds is 3. The molecule has 1 aromatic carbocycles. The molecule has 1 saturated heterocycles. The normalized spacial score (nSPS) is 21.9. The van der Waals surface area contributed by atoms with Crippen LogP contribution in [0, 0.1) is 0 Å². The number of benzene rings is 1. The van der Waals surface area contributed by atoms with Gasteiger partial charge in [0.1, 0.15) is 4.90 Å². The van der Waals surface area contributed by atoms with Gasteiger partial charge in [-0.05, 0) is 25.8 Å². The Morgan fingerprint density at radius 3 is 2.33 bits per heavy atom. The molecule has 0 atom stereocenters. The predicted octanol–water partition coefficient (Wildman–Crippen LogP) is 1.80. The van der Waals surface area contributed by atoms with Gasteiger partial charge >= 0.3 is 0 Å². The van der Waals surface area contributed by atoms with E-state index in [9.17, 15) is 13.5 Å². The smallest absolute Gasteiger partial charge is 0.245 e. The van der Waals surface area contributed by atoms with Gasteiger partial charge in [-0.1, -0.05) is 18.2 Å². The summed E-state index contributed by atoms with van der Waals surface area (Å²) in [6, 6.07) is 6.93. The minimum Gasteiger partial charge on any atom is -0.493 e. The van der Waals surface area contributed by atoms with Gasteiger partial charge in [0, 0.05) is 42.5 Å². The second-order valence-electron chi connectivity index (χ2n) is 6.88. The van der Waals surface area contributed by atoms with E-state index in [2.05, 4.69) is 16.8 Å². The number of hydrogen-bond donors (Lipinski definition) is 1. The maximum absolute atomic E-state index is 13.1. The maximum atomic E-state index is 13.1. The van der Waals surface area contributed by atoms with Crippen LogP contribution in [0.4, 0.5) is 0 Å². The molecule has 24 heavy (non-hydrogen) atoms. The molecule has 2 aliphatic rings. The van der Waals surface area contributed by atoms with Crippen LogP contribution >= 0.6 is 0 Å². The van der Waals surface area contributed by atoms with Crippen LogP contribution in [0.5, 0.6) is 5.88 Å². The van der Waals surface area contributed by atoms with Crippen molar-refractivity contribution in [3.63, 3.8) is 0 Å². The van der Waals surface area contributed by atoms with E-state index in [1.54, 1.807) is 24.3 Å². The molecule has 1 N–H and O–H groups in total. The van der Waals surface area contributed by atoms with Gasteiger partial charge < -0.3 is 5.11 Å². The molecule has 4 rings (SSSR count). The van der Waals surface area contributed by atoms with Crippen LogP contribution < -0.4 is 0 Å². The zero-order chi connectivity index (χ0) is 16.9. The molecule has 128 valence electrons. The van der Waals surface area contributed by atoms with Crippen LogP contribution in [-0.2, 0) is 10.0 Å². The summed E-state index contributed by atoms with van der Waals surface area (Å²) >= 11 is 0. The highest BCUT2D eigenvalue weighted by molar-refractivity contribution is 7.89. The lowest BCUT2D eigenvalue weighted by molar-refractivity contribution is 0.132. The lowest BCUT2D eigenvalue weighted by Crippen LogP contribution is -2.52. The van der Waals surface area contributed by atoms with Crippen LogP contribution in [0.25, 0.3) is 10.8 Å². The lowest BCUT2D eigenvalue weighted by atomic mass is 10.2. The van der Waals surface area contributed by atoms with Gasteiger partial charge in [0.25, 0.3) is 0 Å². The van der Waals surface area contributed by atoms with Crippen LogP contribution in [0.15, 0.2) is 35.4 Å². The van der Waals surface area contributed by atoms with Gasteiger partial charge in [0.2, 0.25) is 15.9 Å². The summed E-state index contributed by atoms with van der Waals surface area (Å²) in [6.45, 7) is 4.76. The number of sulfonamides is 1. The monoisotopic (exact) mass is 347 g/mol. The molecule has 1 aliphatic carbocycles. The molecule has 0 spiro atoms. The Balaban J connectivity index is 1.65. The van der Waals surface area contributed by atoms with E-state index in [1.165, 1.54) is 23.3 Å². The van der Waals surface area contributed by atoms with Crippen LogP contribution in [0.2, 0.25) is 0 Å². The zero-order valence-corrected chi connectivity index (χ0v) is 14.5. The fourth-order valence-corrected chi connectivity index (χ4v) is 5.03. The van der Waals surface area contributed by atoms with Gasteiger partial charge in [0.05, 0.1) is 6.20 Å². The van der Waals surface area contributed by atoms with Crippen LogP contribution in [-0.4, -0.2) is 59.4 Å². The number of hydrogen-bond acceptors (Lipinski definition) is 5. The highest BCUT2D eigenvalue weighted by Crippen LogP contribution is 2.41. The Bertz CT molecular complexity index is 885. The van der Waals surface area contributed by atoms with Crippen molar-refractivity contribution in [2.24, 2.45) is 0 Å². The molecule has 2 fully saturated rings. The van der Waals surface area contributed by atoms with Crippen LogP contribution in [0.1, 0.15) is 19.8 Å². The number of pyridine rings is 1. The van der Waals surface area contributed by atoms with Gasteiger partial charge in [-0.3, -0.25) is 4.90 Å². The fraction of sp³-hybridized carbons (Fsp3) is 0.471. The summed E-state index contributed by atoms with van der Waals surface area (Å²) in [7, 11) is -3.62. The van der Waals surface area contributed by atoms with Crippen molar-refractivity contribution in [1.82, 2.24) is 14.2 Å². The Kier molecular flexibility index (Phi) is 3.56. The molecule has 0 radical (unpaired) electrons. The van der Waals surface area contributed by atoms with Crippen molar-refractivity contribution >= 4 is 20.8 Å². The summed E-state index contributed by atoms with van der Waals surface area (Å²) in [4.78, 5) is 6.44. The van der Waals surface area contributed by atoms with Gasteiger partial charge in [0.15, 0.2) is 0 Å². The Morgan fingerprint density at radius 1 is 1.08 bits per heavy atom. The summed E-state index contributed by atoms with van der Waals surface area (Å²) in [5.74, 6) is -0.143. The minimum absolute atomic E-state index is 0.143. The zero-order valence-electron chi connectivity index (χ0n) is 13.6. The van der Waals surface area contributed by atoms with Crippen molar-refractivity contribution in [3.05, 3.63) is 30.5 Å². The quantitative estimate of drug-likeness (QED) is 0.916. The van der Waals surface area contributed by atoms with Crippen molar-refractivity contribution in [3.8, 4) is 5.88 Å². The standard InChI is InChI=1S/C17H21N3O3S/c1-17(6-7-17)19-8-10-20(11-9-19)24(22,23)15-12-18-16(21)14-5-3-2-4-13(14)15/h2-5,12H,6-11H2,1H3,(H,18,21). The average Bonchev–Trinajstić information content (AvgIpc) is 3.34. The number of piperazine rings is 1. The third-order valence-corrected chi connectivity index (χ3v) is 7.26. The Labute approximate surface area is 141 Å². The predicted molar refractivity (Wildman–Crippen MR) is 91.4 cm³/mol. The molecule has 1 aliphatic heterocycles. The molecule has 2 heterocycles. The van der Waals surface area contributed by atoms with E-state index in [1.807, 2.05) is 0 Å². The molecule has 0 unspecified atom stereocenters. The van der Waals surface area contributed by atoms with Gasteiger partial charge in [-0.25, -0.2) is 13.4 Å². The summed E-state index contributed by atoms with van der Waals surface area (Å²) in [6.07, 6.45) is 3.67. The van der Waals surface area contributed by atoms with E-state index in [-0.39, 0.29) is 16.3 Å². The fourth-order valence-electron chi connectivity index (χ4n) is 3.46. The van der Waals surface area contributed by atoms with E-state index in [0.29, 0.717) is 23.9 Å². The third-order valence-electron chi connectivity index (χ3n) is 5.33. The van der Waals surface area contributed by atoms with E-state index >= 15 is 0 Å². The van der Waals surface area contributed by atoms with Crippen molar-refractivity contribution < 1.29 is 13.5 Å². The summed E-state index contributed by atoms with van der Waals surface area (Å²) in [5, 5.41) is 10.9. The molecule has 1 aromatic heterocycles. The minimum atomic E-state index is -3.62. The molecular weight excluding hydrogens is 326 g/mol. The highest BCUT2D eigenvalue weighted by atomic mass is 32.2. The Morgan fingerprint density at radius 2 is 1.71 bits per heavy atom. The number of aromatic hydroxyl groups is 1. The van der Waals surface area contributed by atoms with Crippen LogP contribution in [0.3, 0.4) is 0 Å². The molecule has 0 amide bonds. The summed E-state index contributed by atoms with van der Waals surface area (Å²) < 4.78 is 27.7. The third kappa shape index (κ3) is 2.47. The SMILES string of the molecule is CC1(N2CCN(S(=O)(=O)c3cnc(O)c4ccccc34)CC2)CC1. The molecule has 2 aromatic rings. The second-order valence-corrected chi connectivity index (χ2v) is 8.79. The largest absolute Gasteiger partial charge is 0.493 e.